The summed E-state index contributed by atoms with van der Waals surface area (Å²) in [4.78, 5) is 17.0. The molecule has 1 aromatic carbocycles. The van der Waals surface area contributed by atoms with Gasteiger partial charge in [0.2, 0.25) is 0 Å². The van der Waals surface area contributed by atoms with Gasteiger partial charge in [0.1, 0.15) is 0 Å². The number of piperazine rings is 1. The molecule has 1 saturated heterocycles. The number of halogens is 1. The highest BCUT2D eigenvalue weighted by atomic mass is 35.5. The van der Waals surface area contributed by atoms with Gasteiger partial charge in [-0.05, 0) is 49.9 Å². The predicted octanol–water partition coefficient (Wildman–Crippen LogP) is 4.55. The van der Waals surface area contributed by atoms with Gasteiger partial charge in [0.05, 0.1) is 0 Å². The molecule has 0 aromatic heterocycles. The van der Waals surface area contributed by atoms with Crippen LogP contribution in [0.3, 0.4) is 0 Å². The first-order valence-electron chi connectivity index (χ1n) is 11.8. The molecule has 0 spiro atoms. The SMILES string of the molecule is CCCCCCNC(=O)NCCCN1CCN(C(CC)Cc2ccc(Cl)cc2)CC1. The van der Waals surface area contributed by atoms with Gasteiger partial charge in [0.15, 0.2) is 0 Å². The summed E-state index contributed by atoms with van der Waals surface area (Å²) >= 11 is 6.01. The standard InChI is InChI=1S/C24H41ClN4O/c1-3-5-6-7-13-26-24(30)27-14-8-15-28-16-18-29(19-17-28)23(4-2)20-21-9-11-22(25)12-10-21/h9-12,23H,3-8,13-20H2,1-2H3,(H2,26,27,30). The number of nitrogens with one attached hydrogen (secondary N) is 2. The van der Waals surface area contributed by atoms with E-state index in [-0.39, 0.29) is 6.03 Å². The van der Waals surface area contributed by atoms with Crippen molar-refractivity contribution in [3.63, 3.8) is 0 Å². The lowest BCUT2D eigenvalue weighted by atomic mass is 10.0. The Kier molecular flexibility index (Phi) is 12.2. The molecule has 2 rings (SSSR count). The monoisotopic (exact) mass is 436 g/mol. The molecular weight excluding hydrogens is 396 g/mol. The molecule has 30 heavy (non-hydrogen) atoms. The Morgan fingerprint density at radius 3 is 2.27 bits per heavy atom. The van der Waals surface area contributed by atoms with Crippen LogP contribution < -0.4 is 10.6 Å². The van der Waals surface area contributed by atoms with E-state index in [9.17, 15) is 4.79 Å². The summed E-state index contributed by atoms with van der Waals surface area (Å²) in [5.74, 6) is 0. The highest BCUT2D eigenvalue weighted by molar-refractivity contribution is 6.30. The third kappa shape index (κ3) is 9.67. The number of nitrogens with zero attached hydrogens (tertiary/aromatic N) is 2. The quantitative estimate of drug-likeness (QED) is 0.446. The van der Waals surface area contributed by atoms with Crippen LogP contribution in [0, 0.1) is 0 Å². The number of carbonyl (C=O) groups excluding carboxylic acids is 1. The minimum atomic E-state index is -0.0238. The maximum atomic E-state index is 11.8. The smallest absolute Gasteiger partial charge is 0.314 e. The first-order chi connectivity index (χ1) is 14.6. The van der Waals surface area contributed by atoms with Crippen molar-refractivity contribution >= 4 is 17.6 Å². The van der Waals surface area contributed by atoms with Gasteiger partial charge in [-0.3, -0.25) is 4.90 Å². The first-order valence-corrected chi connectivity index (χ1v) is 12.2. The predicted molar refractivity (Wildman–Crippen MR) is 127 cm³/mol. The first kappa shape index (κ1) is 25.0. The Bertz CT molecular complexity index is 587. The summed E-state index contributed by atoms with van der Waals surface area (Å²) in [6.45, 7) is 11.5. The number of hydrogen-bond acceptors (Lipinski definition) is 3. The molecule has 0 radical (unpaired) electrons. The highest BCUT2D eigenvalue weighted by Gasteiger charge is 2.22. The van der Waals surface area contributed by atoms with Crippen molar-refractivity contribution in [3.8, 4) is 0 Å². The Morgan fingerprint density at radius 1 is 0.967 bits per heavy atom. The van der Waals surface area contributed by atoms with E-state index in [0.717, 1.165) is 70.1 Å². The number of urea groups is 1. The van der Waals surface area contributed by atoms with Crippen LogP contribution in [0.2, 0.25) is 5.02 Å². The fraction of sp³-hybridized carbons (Fsp3) is 0.708. The maximum Gasteiger partial charge on any atom is 0.314 e. The number of benzene rings is 1. The van der Waals surface area contributed by atoms with Crippen molar-refractivity contribution < 1.29 is 4.79 Å². The van der Waals surface area contributed by atoms with Gasteiger partial charge in [0.25, 0.3) is 0 Å². The summed E-state index contributed by atoms with van der Waals surface area (Å²) in [5, 5.41) is 6.74. The normalized spacial score (nSPS) is 16.4. The summed E-state index contributed by atoms with van der Waals surface area (Å²) in [6.07, 6.45) is 8.00. The second-order valence-electron chi connectivity index (χ2n) is 8.37. The van der Waals surface area contributed by atoms with E-state index in [1.165, 1.54) is 31.2 Å². The molecule has 170 valence electrons. The lowest BCUT2D eigenvalue weighted by Crippen LogP contribution is -2.51. The molecule has 0 bridgehead atoms. The highest BCUT2D eigenvalue weighted by Crippen LogP contribution is 2.17. The van der Waals surface area contributed by atoms with Crippen LogP contribution in [0.1, 0.15) is 57.9 Å². The molecule has 6 heteroatoms. The molecule has 0 saturated carbocycles. The molecule has 1 atom stereocenters. The lowest BCUT2D eigenvalue weighted by Gasteiger charge is -2.39. The third-order valence-electron chi connectivity index (χ3n) is 6.03. The van der Waals surface area contributed by atoms with Crippen LogP contribution in [0.15, 0.2) is 24.3 Å². The van der Waals surface area contributed by atoms with Crippen LogP contribution >= 0.6 is 11.6 Å². The van der Waals surface area contributed by atoms with Gasteiger partial charge in [0, 0.05) is 50.3 Å². The van der Waals surface area contributed by atoms with Crippen LogP contribution in [0.25, 0.3) is 0 Å². The molecule has 2 amide bonds. The van der Waals surface area contributed by atoms with Gasteiger partial charge in [-0.2, -0.15) is 0 Å². The van der Waals surface area contributed by atoms with Crippen molar-refractivity contribution in [3.05, 3.63) is 34.9 Å². The number of carbonyl (C=O) groups is 1. The fourth-order valence-corrected chi connectivity index (χ4v) is 4.22. The summed E-state index contributed by atoms with van der Waals surface area (Å²) in [6, 6.07) is 8.84. The molecule has 1 aliphatic rings. The zero-order valence-electron chi connectivity index (χ0n) is 19.0. The molecule has 5 nitrogen and oxygen atoms in total. The van der Waals surface area contributed by atoms with E-state index < -0.39 is 0 Å². The van der Waals surface area contributed by atoms with Gasteiger partial charge in [-0.15, -0.1) is 0 Å². The zero-order valence-corrected chi connectivity index (χ0v) is 19.7. The van der Waals surface area contributed by atoms with E-state index in [1.54, 1.807) is 0 Å². The van der Waals surface area contributed by atoms with Gasteiger partial charge >= 0.3 is 6.03 Å². The summed E-state index contributed by atoms with van der Waals surface area (Å²) in [5.41, 5.74) is 1.36. The van der Waals surface area contributed by atoms with Gasteiger partial charge in [-0.1, -0.05) is 56.8 Å². The van der Waals surface area contributed by atoms with Crippen molar-refractivity contribution in [1.82, 2.24) is 20.4 Å². The third-order valence-corrected chi connectivity index (χ3v) is 6.28. The van der Waals surface area contributed by atoms with E-state index in [0.29, 0.717) is 6.04 Å². The minimum Gasteiger partial charge on any atom is -0.338 e. The zero-order chi connectivity index (χ0) is 21.6. The molecule has 0 aliphatic carbocycles. The number of rotatable bonds is 13. The second kappa shape index (κ2) is 14.7. The number of unbranched alkanes of at least 4 members (excludes halogenated alkanes) is 3. The van der Waals surface area contributed by atoms with Crippen molar-refractivity contribution in [2.45, 2.75) is 64.8 Å². The van der Waals surface area contributed by atoms with E-state index >= 15 is 0 Å². The molecule has 1 fully saturated rings. The average Bonchev–Trinajstić information content (AvgIpc) is 2.77. The minimum absolute atomic E-state index is 0.0238. The van der Waals surface area contributed by atoms with E-state index in [2.05, 4.69) is 46.4 Å². The molecule has 2 N–H and O–H groups in total. The molecule has 1 aromatic rings. The molecule has 1 unspecified atom stereocenters. The van der Waals surface area contributed by atoms with E-state index in [1.807, 2.05) is 12.1 Å². The number of hydrogen-bond donors (Lipinski definition) is 2. The van der Waals surface area contributed by atoms with Gasteiger partial charge in [-0.25, -0.2) is 4.79 Å². The van der Waals surface area contributed by atoms with Crippen molar-refractivity contribution in [2.75, 3.05) is 45.8 Å². The summed E-state index contributed by atoms with van der Waals surface area (Å²) in [7, 11) is 0. The van der Waals surface area contributed by atoms with Crippen LogP contribution in [-0.4, -0.2) is 67.7 Å². The van der Waals surface area contributed by atoms with Crippen LogP contribution in [-0.2, 0) is 6.42 Å². The average molecular weight is 437 g/mol. The van der Waals surface area contributed by atoms with Crippen molar-refractivity contribution in [1.29, 1.82) is 0 Å². The topological polar surface area (TPSA) is 47.6 Å². The van der Waals surface area contributed by atoms with Gasteiger partial charge < -0.3 is 15.5 Å². The van der Waals surface area contributed by atoms with Crippen molar-refractivity contribution in [2.24, 2.45) is 0 Å². The second-order valence-corrected chi connectivity index (χ2v) is 8.80. The molecule has 1 heterocycles. The lowest BCUT2D eigenvalue weighted by molar-refractivity contribution is 0.0931. The molecular formula is C24H41ClN4O. The maximum absolute atomic E-state index is 11.8. The largest absolute Gasteiger partial charge is 0.338 e. The fourth-order valence-electron chi connectivity index (χ4n) is 4.10. The Labute approximate surface area is 188 Å². The van der Waals surface area contributed by atoms with Crippen LogP contribution in [0.4, 0.5) is 4.79 Å². The Balaban J connectivity index is 1.56. The molecule has 1 aliphatic heterocycles. The number of amides is 2. The summed E-state index contributed by atoms with van der Waals surface area (Å²) < 4.78 is 0. The van der Waals surface area contributed by atoms with Crippen LogP contribution in [0.5, 0.6) is 0 Å². The van der Waals surface area contributed by atoms with E-state index in [4.69, 9.17) is 11.6 Å². The Hall–Kier alpha value is -1.30. The Morgan fingerprint density at radius 2 is 1.63 bits per heavy atom.